The van der Waals surface area contributed by atoms with Gasteiger partial charge in [0, 0.05) is 5.69 Å². The molecule has 0 spiro atoms. The zero-order valence-corrected chi connectivity index (χ0v) is 9.71. The molecule has 1 fully saturated rings. The third kappa shape index (κ3) is 2.32. The van der Waals surface area contributed by atoms with Gasteiger partial charge < -0.3 is 10.1 Å². The molecule has 2 nitrogen and oxygen atoms in total. The fourth-order valence-corrected chi connectivity index (χ4v) is 1.80. The lowest BCUT2D eigenvalue weighted by molar-refractivity contribution is -0.0318. The van der Waals surface area contributed by atoms with E-state index >= 15 is 0 Å². The van der Waals surface area contributed by atoms with E-state index in [1.807, 2.05) is 0 Å². The van der Waals surface area contributed by atoms with Crippen LogP contribution in [0.2, 0.25) is 0 Å². The molecule has 0 unspecified atom stereocenters. The standard InChI is InChI=1S/C13H19NO/c1-10(2)11-5-4-6-12(7-11)14-13(3)8-15-9-13/h4-7,10,14H,8-9H2,1-3H3. The molecule has 1 heterocycles. The van der Waals surface area contributed by atoms with Crippen LogP contribution in [0.15, 0.2) is 24.3 Å². The minimum absolute atomic E-state index is 0.135. The third-order valence-electron chi connectivity index (χ3n) is 2.84. The molecule has 2 heteroatoms. The summed E-state index contributed by atoms with van der Waals surface area (Å²) >= 11 is 0. The van der Waals surface area contributed by atoms with Gasteiger partial charge in [-0.25, -0.2) is 0 Å². The molecule has 1 N–H and O–H groups in total. The van der Waals surface area contributed by atoms with E-state index in [-0.39, 0.29) is 5.54 Å². The maximum atomic E-state index is 5.23. The van der Waals surface area contributed by atoms with Crippen LogP contribution in [0.3, 0.4) is 0 Å². The summed E-state index contributed by atoms with van der Waals surface area (Å²) in [6, 6.07) is 8.64. The van der Waals surface area contributed by atoms with Crippen molar-refractivity contribution in [3.63, 3.8) is 0 Å². The van der Waals surface area contributed by atoms with Crippen molar-refractivity contribution in [3.8, 4) is 0 Å². The molecule has 1 aliphatic rings. The first-order chi connectivity index (χ1) is 7.09. The van der Waals surface area contributed by atoms with Gasteiger partial charge in [-0.2, -0.15) is 0 Å². The molecule has 15 heavy (non-hydrogen) atoms. The highest BCUT2D eigenvalue weighted by Crippen LogP contribution is 2.25. The van der Waals surface area contributed by atoms with Gasteiger partial charge >= 0.3 is 0 Å². The molecule has 0 radical (unpaired) electrons. The van der Waals surface area contributed by atoms with Crippen molar-refractivity contribution in [2.24, 2.45) is 0 Å². The van der Waals surface area contributed by atoms with Gasteiger partial charge in [0.15, 0.2) is 0 Å². The lowest BCUT2D eigenvalue weighted by atomic mass is 9.98. The van der Waals surface area contributed by atoms with Crippen LogP contribution in [-0.4, -0.2) is 18.8 Å². The number of hydrogen-bond acceptors (Lipinski definition) is 2. The van der Waals surface area contributed by atoms with Crippen LogP contribution < -0.4 is 5.32 Å². The van der Waals surface area contributed by atoms with Crippen molar-refractivity contribution < 1.29 is 4.74 Å². The number of ether oxygens (including phenoxy) is 1. The summed E-state index contributed by atoms with van der Waals surface area (Å²) in [5.74, 6) is 0.581. The minimum atomic E-state index is 0.135. The Labute approximate surface area is 91.6 Å². The second kappa shape index (κ2) is 3.86. The van der Waals surface area contributed by atoms with Gasteiger partial charge in [-0.05, 0) is 30.5 Å². The third-order valence-corrected chi connectivity index (χ3v) is 2.84. The Hall–Kier alpha value is -1.02. The predicted molar refractivity (Wildman–Crippen MR) is 63.4 cm³/mol. The summed E-state index contributed by atoms with van der Waals surface area (Å²) in [4.78, 5) is 0. The highest BCUT2D eigenvalue weighted by Gasteiger charge is 2.32. The van der Waals surface area contributed by atoms with Crippen LogP contribution in [0.5, 0.6) is 0 Å². The average Bonchev–Trinajstić information content (AvgIpc) is 2.16. The smallest absolute Gasteiger partial charge is 0.0811 e. The van der Waals surface area contributed by atoms with E-state index < -0.39 is 0 Å². The first-order valence-electron chi connectivity index (χ1n) is 5.55. The second-order valence-electron chi connectivity index (χ2n) is 4.96. The van der Waals surface area contributed by atoms with Gasteiger partial charge in [-0.15, -0.1) is 0 Å². The number of hydrogen-bond donors (Lipinski definition) is 1. The van der Waals surface area contributed by atoms with E-state index in [9.17, 15) is 0 Å². The van der Waals surface area contributed by atoms with Crippen LogP contribution >= 0.6 is 0 Å². The largest absolute Gasteiger partial charge is 0.376 e. The molecule has 0 amide bonds. The van der Waals surface area contributed by atoms with E-state index in [0.29, 0.717) is 5.92 Å². The molecule has 0 atom stereocenters. The van der Waals surface area contributed by atoms with Crippen molar-refractivity contribution in [2.75, 3.05) is 18.5 Å². The minimum Gasteiger partial charge on any atom is -0.376 e. The van der Waals surface area contributed by atoms with Crippen LogP contribution in [0.4, 0.5) is 5.69 Å². The van der Waals surface area contributed by atoms with Crippen molar-refractivity contribution in [3.05, 3.63) is 29.8 Å². The van der Waals surface area contributed by atoms with E-state index in [2.05, 4.69) is 50.4 Å². The average molecular weight is 205 g/mol. The highest BCUT2D eigenvalue weighted by molar-refractivity contribution is 5.49. The summed E-state index contributed by atoms with van der Waals surface area (Å²) < 4.78 is 5.23. The van der Waals surface area contributed by atoms with Gasteiger partial charge in [-0.1, -0.05) is 26.0 Å². The zero-order chi connectivity index (χ0) is 10.9. The summed E-state index contributed by atoms with van der Waals surface area (Å²) in [6.07, 6.45) is 0. The van der Waals surface area contributed by atoms with Crippen molar-refractivity contribution in [1.29, 1.82) is 0 Å². The highest BCUT2D eigenvalue weighted by atomic mass is 16.5. The van der Waals surface area contributed by atoms with Crippen LogP contribution in [0, 0.1) is 0 Å². The van der Waals surface area contributed by atoms with Crippen LogP contribution in [-0.2, 0) is 4.74 Å². The van der Waals surface area contributed by atoms with E-state index in [1.165, 1.54) is 11.3 Å². The van der Waals surface area contributed by atoms with Gasteiger partial charge in [0.2, 0.25) is 0 Å². The number of benzene rings is 1. The predicted octanol–water partition coefficient (Wildman–Crippen LogP) is 3.01. The maximum absolute atomic E-state index is 5.23. The molecule has 1 aromatic rings. The van der Waals surface area contributed by atoms with Gasteiger partial charge in [-0.3, -0.25) is 0 Å². The number of nitrogens with one attached hydrogen (secondary N) is 1. The molecule has 1 aromatic carbocycles. The van der Waals surface area contributed by atoms with Crippen molar-refractivity contribution in [1.82, 2.24) is 0 Å². The Morgan fingerprint density at radius 3 is 2.60 bits per heavy atom. The Balaban J connectivity index is 2.11. The molecule has 82 valence electrons. The quantitative estimate of drug-likeness (QED) is 0.819. The Morgan fingerprint density at radius 2 is 2.07 bits per heavy atom. The Morgan fingerprint density at radius 1 is 1.33 bits per heavy atom. The molecule has 1 aliphatic heterocycles. The molecule has 0 aliphatic carbocycles. The summed E-state index contributed by atoms with van der Waals surface area (Å²) in [5.41, 5.74) is 2.71. The summed E-state index contributed by atoms with van der Waals surface area (Å²) in [6.45, 7) is 8.23. The van der Waals surface area contributed by atoms with Gasteiger partial charge in [0.05, 0.1) is 18.8 Å². The topological polar surface area (TPSA) is 21.3 Å². The monoisotopic (exact) mass is 205 g/mol. The molecule has 0 saturated carbocycles. The molecular weight excluding hydrogens is 186 g/mol. The zero-order valence-electron chi connectivity index (χ0n) is 9.71. The van der Waals surface area contributed by atoms with E-state index in [4.69, 9.17) is 4.74 Å². The van der Waals surface area contributed by atoms with Crippen LogP contribution in [0.1, 0.15) is 32.3 Å². The fourth-order valence-electron chi connectivity index (χ4n) is 1.80. The van der Waals surface area contributed by atoms with Crippen LogP contribution in [0.25, 0.3) is 0 Å². The second-order valence-corrected chi connectivity index (χ2v) is 4.96. The molecular formula is C13H19NO. The lowest BCUT2D eigenvalue weighted by Crippen LogP contribution is -2.53. The Kier molecular flexibility index (Phi) is 2.70. The van der Waals surface area contributed by atoms with E-state index in [0.717, 1.165) is 13.2 Å². The molecule has 0 bridgehead atoms. The first kappa shape index (κ1) is 10.5. The fraction of sp³-hybridized carbons (Fsp3) is 0.538. The number of rotatable bonds is 3. The van der Waals surface area contributed by atoms with E-state index in [1.54, 1.807) is 0 Å². The first-order valence-corrected chi connectivity index (χ1v) is 5.55. The molecule has 1 saturated heterocycles. The van der Waals surface area contributed by atoms with Gasteiger partial charge in [0.25, 0.3) is 0 Å². The van der Waals surface area contributed by atoms with Crippen molar-refractivity contribution >= 4 is 5.69 Å². The maximum Gasteiger partial charge on any atom is 0.0811 e. The van der Waals surface area contributed by atoms with Gasteiger partial charge in [0.1, 0.15) is 0 Å². The SMILES string of the molecule is CC(C)c1cccc(NC2(C)COC2)c1. The summed E-state index contributed by atoms with van der Waals surface area (Å²) in [5, 5.41) is 3.53. The van der Waals surface area contributed by atoms with Crippen molar-refractivity contribution in [2.45, 2.75) is 32.2 Å². The normalized spacial score (nSPS) is 18.7. The Bertz CT molecular complexity index is 342. The molecule has 2 rings (SSSR count). The number of anilines is 1. The summed E-state index contributed by atoms with van der Waals surface area (Å²) in [7, 11) is 0. The lowest BCUT2D eigenvalue weighted by Gasteiger charge is -2.39. The molecule has 0 aromatic heterocycles.